The smallest absolute Gasteiger partial charge is 0.307 e. The molecule has 1 unspecified atom stereocenters. The quantitative estimate of drug-likeness (QED) is 0.709. The number of aromatic nitrogens is 2. The van der Waals surface area contributed by atoms with E-state index in [1.807, 2.05) is 30.3 Å². The summed E-state index contributed by atoms with van der Waals surface area (Å²) in [4.78, 5) is 29.0. The summed E-state index contributed by atoms with van der Waals surface area (Å²) in [7, 11) is 1.32. The molecule has 0 bridgehead atoms. The second-order valence-electron chi connectivity index (χ2n) is 5.98. The van der Waals surface area contributed by atoms with E-state index in [9.17, 15) is 9.59 Å². The van der Waals surface area contributed by atoms with Gasteiger partial charge >= 0.3 is 5.97 Å². The number of benzene rings is 1. The number of rotatable bonds is 5. The van der Waals surface area contributed by atoms with Gasteiger partial charge in [-0.15, -0.1) is 0 Å². The molecular formula is C19H19N3O4. The average molecular weight is 353 g/mol. The van der Waals surface area contributed by atoms with Crippen LogP contribution in [0.4, 0.5) is 0 Å². The molecule has 0 saturated carbocycles. The third-order valence-corrected chi connectivity index (χ3v) is 4.10. The number of fused-ring (bicyclic) bond motifs is 1. The fourth-order valence-electron chi connectivity index (χ4n) is 2.82. The summed E-state index contributed by atoms with van der Waals surface area (Å²) in [6, 6.07) is 10.5. The lowest BCUT2D eigenvalue weighted by Crippen LogP contribution is -2.30. The fourth-order valence-corrected chi connectivity index (χ4v) is 2.82. The molecule has 1 amide bonds. The first-order valence-corrected chi connectivity index (χ1v) is 8.16. The molecule has 0 fully saturated rings. The summed E-state index contributed by atoms with van der Waals surface area (Å²) in [6.45, 7) is 3.53. The molecule has 134 valence electrons. The summed E-state index contributed by atoms with van der Waals surface area (Å²) >= 11 is 0. The number of carbonyl (C=O) groups is 2. The van der Waals surface area contributed by atoms with Gasteiger partial charge in [0.05, 0.1) is 36.2 Å². The van der Waals surface area contributed by atoms with Crippen molar-refractivity contribution >= 4 is 23.0 Å². The number of methoxy groups -OCH3 is 1. The van der Waals surface area contributed by atoms with E-state index in [0.717, 1.165) is 5.56 Å². The zero-order valence-corrected chi connectivity index (χ0v) is 14.8. The molecule has 2 heterocycles. The van der Waals surface area contributed by atoms with Crippen molar-refractivity contribution < 1.29 is 18.8 Å². The first kappa shape index (κ1) is 17.6. The van der Waals surface area contributed by atoms with Gasteiger partial charge in [-0.3, -0.25) is 9.59 Å². The van der Waals surface area contributed by atoms with Gasteiger partial charge < -0.3 is 14.6 Å². The SMILES string of the molecule is COC(=O)CC(NC(=O)c1cc(C)nc2onc(C)c12)c1ccccc1. The van der Waals surface area contributed by atoms with E-state index >= 15 is 0 Å². The summed E-state index contributed by atoms with van der Waals surface area (Å²) in [5.74, 6) is -0.735. The number of nitrogens with zero attached hydrogens (tertiary/aromatic N) is 2. The molecule has 26 heavy (non-hydrogen) atoms. The highest BCUT2D eigenvalue weighted by atomic mass is 16.5. The summed E-state index contributed by atoms with van der Waals surface area (Å²) in [5.41, 5.74) is 2.77. The molecule has 7 heteroatoms. The number of hydrogen-bond acceptors (Lipinski definition) is 6. The van der Waals surface area contributed by atoms with Gasteiger partial charge in [0, 0.05) is 5.69 Å². The minimum atomic E-state index is -0.514. The molecule has 7 nitrogen and oxygen atoms in total. The maximum atomic E-state index is 13.0. The van der Waals surface area contributed by atoms with Crippen LogP contribution in [0.5, 0.6) is 0 Å². The molecule has 0 aliphatic rings. The van der Waals surface area contributed by atoms with Gasteiger partial charge in [0.25, 0.3) is 11.6 Å². The Kier molecular flexibility index (Phi) is 4.97. The third-order valence-electron chi connectivity index (χ3n) is 4.10. The molecule has 0 radical (unpaired) electrons. The van der Waals surface area contributed by atoms with Crippen molar-refractivity contribution in [1.29, 1.82) is 0 Å². The molecule has 0 saturated heterocycles. The maximum absolute atomic E-state index is 13.0. The monoisotopic (exact) mass is 353 g/mol. The number of hydrogen-bond donors (Lipinski definition) is 1. The molecular weight excluding hydrogens is 334 g/mol. The molecule has 1 N–H and O–H groups in total. The van der Waals surface area contributed by atoms with Crippen LogP contribution in [0.1, 0.15) is 39.8 Å². The first-order chi connectivity index (χ1) is 12.5. The van der Waals surface area contributed by atoms with E-state index < -0.39 is 12.0 Å². The molecule has 1 aromatic carbocycles. The van der Waals surface area contributed by atoms with Crippen molar-refractivity contribution in [3.63, 3.8) is 0 Å². The van der Waals surface area contributed by atoms with Crippen LogP contribution < -0.4 is 5.32 Å². The predicted octanol–water partition coefficient (Wildman–Crippen LogP) is 2.87. The number of pyridine rings is 1. The maximum Gasteiger partial charge on any atom is 0.307 e. The number of nitrogens with one attached hydrogen (secondary N) is 1. The van der Waals surface area contributed by atoms with Crippen LogP contribution >= 0.6 is 0 Å². The van der Waals surface area contributed by atoms with Gasteiger partial charge in [0.1, 0.15) is 0 Å². The zero-order valence-electron chi connectivity index (χ0n) is 14.8. The zero-order chi connectivity index (χ0) is 18.7. The van der Waals surface area contributed by atoms with E-state index in [0.29, 0.717) is 28.1 Å². The number of esters is 1. The molecule has 2 aromatic heterocycles. The van der Waals surface area contributed by atoms with Crippen LogP contribution in [0.3, 0.4) is 0 Å². The summed E-state index contributed by atoms with van der Waals surface area (Å²) in [6.07, 6.45) is 0.0298. The molecule has 0 aliphatic carbocycles. The van der Waals surface area contributed by atoms with Gasteiger partial charge in [-0.2, -0.15) is 0 Å². The van der Waals surface area contributed by atoms with Gasteiger partial charge in [0.2, 0.25) is 0 Å². The lowest BCUT2D eigenvalue weighted by molar-refractivity contribution is -0.141. The Balaban J connectivity index is 1.95. The van der Waals surface area contributed by atoms with E-state index in [4.69, 9.17) is 9.26 Å². The molecule has 1 atom stereocenters. The van der Waals surface area contributed by atoms with Crippen LogP contribution in [0.2, 0.25) is 0 Å². The minimum absolute atomic E-state index is 0.0298. The molecule has 3 rings (SSSR count). The van der Waals surface area contributed by atoms with E-state index in [1.165, 1.54) is 7.11 Å². The third kappa shape index (κ3) is 3.56. The van der Waals surface area contributed by atoms with Crippen molar-refractivity contribution in [3.8, 4) is 0 Å². The van der Waals surface area contributed by atoms with Crippen molar-refractivity contribution in [2.45, 2.75) is 26.3 Å². The number of carbonyl (C=O) groups excluding carboxylic acids is 2. The standard InChI is InChI=1S/C19H19N3O4/c1-11-9-14(17-12(2)22-26-19(17)20-11)18(24)21-15(10-16(23)25-3)13-7-5-4-6-8-13/h4-9,15H,10H2,1-3H3,(H,21,24). The van der Waals surface area contributed by atoms with Crippen LogP contribution in [0, 0.1) is 13.8 Å². The lowest BCUT2D eigenvalue weighted by Gasteiger charge is -2.18. The Bertz CT molecular complexity index is 950. The summed E-state index contributed by atoms with van der Waals surface area (Å²) in [5, 5.41) is 7.37. The average Bonchev–Trinajstić information content (AvgIpc) is 3.01. The topological polar surface area (TPSA) is 94.3 Å². The predicted molar refractivity (Wildman–Crippen MR) is 94.6 cm³/mol. The van der Waals surface area contributed by atoms with Gasteiger partial charge in [-0.25, -0.2) is 4.98 Å². The molecule has 0 aliphatic heterocycles. The van der Waals surface area contributed by atoms with Crippen molar-refractivity contribution in [2.24, 2.45) is 0 Å². The second-order valence-corrected chi connectivity index (χ2v) is 5.98. The Labute approximate surface area is 150 Å². The van der Waals surface area contributed by atoms with E-state index in [-0.39, 0.29) is 12.3 Å². The molecule has 0 spiro atoms. The van der Waals surface area contributed by atoms with E-state index in [1.54, 1.807) is 19.9 Å². The fraction of sp³-hybridized carbons (Fsp3) is 0.263. The Hall–Kier alpha value is -3.22. The van der Waals surface area contributed by atoms with Crippen molar-refractivity contribution in [1.82, 2.24) is 15.5 Å². The van der Waals surface area contributed by atoms with Crippen molar-refractivity contribution in [3.05, 3.63) is 58.9 Å². The van der Waals surface area contributed by atoms with E-state index in [2.05, 4.69) is 15.5 Å². The van der Waals surface area contributed by atoms with Gasteiger partial charge in [-0.1, -0.05) is 35.5 Å². The van der Waals surface area contributed by atoms with Crippen LogP contribution in [-0.4, -0.2) is 29.1 Å². The number of aryl methyl sites for hydroxylation is 2. The lowest BCUT2D eigenvalue weighted by atomic mass is 10.0. The number of ether oxygens (including phenoxy) is 1. The summed E-state index contributed by atoms with van der Waals surface area (Å²) < 4.78 is 9.94. The second kappa shape index (κ2) is 7.35. The largest absolute Gasteiger partial charge is 0.469 e. The Morgan fingerprint density at radius 2 is 1.96 bits per heavy atom. The highest BCUT2D eigenvalue weighted by Gasteiger charge is 2.23. The highest BCUT2D eigenvalue weighted by molar-refractivity contribution is 6.06. The van der Waals surface area contributed by atoms with Gasteiger partial charge in [0.15, 0.2) is 0 Å². The minimum Gasteiger partial charge on any atom is -0.469 e. The van der Waals surface area contributed by atoms with Crippen molar-refractivity contribution in [2.75, 3.05) is 7.11 Å². The van der Waals surface area contributed by atoms with Crippen LogP contribution in [0.25, 0.3) is 11.1 Å². The Morgan fingerprint density at radius 1 is 1.23 bits per heavy atom. The Morgan fingerprint density at radius 3 is 2.65 bits per heavy atom. The normalized spacial score (nSPS) is 12.0. The van der Waals surface area contributed by atoms with Crippen LogP contribution in [-0.2, 0) is 9.53 Å². The first-order valence-electron chi connectivity index (χ1n) is 8.16. The number of amides is 1. The molecule has 3 aromatic rings. The highest BCUT2D eigenvalue weighted by Crippen LogP contribution is 2.24. The van der Waals surface area contributed by atoms with Gasteiger partial charge in [-0.05, 0) is 25.5 Å². The van der Waals surface area contributed by atoms with Crippen LogP contribution in [0.15, 0.2) is 40.9 Å².